The highest BCUT2D eigenvalue weighted by atomic mass is 16.5. The molecule has 172 valence electrons. The quantitative estimate of drug-likeness (QED) is 0.763. The predicted molar refractivity (Wildman–Crippen MR) is 118 cm³/mol. The van der Waals surface area contributed by atoms with E-state index in [1.165, 1.54) is 0 Å². The van der Waals surface area contributed by atoms with Crippen LogP contribution in [0.2, 0.25) is 0 Å². The number of amides is 1. The number of nitrogens with zero attached hydrogens (tertiary/aromatic N) is 4. The molecule has 0 spiro atoms. The first-order valence-corrected chi connectivity index (χ1v) is 11.9. The number of carbonyl (C=O) groups excluding carboxylic acids is 1. The van der Waals surface area contributed by atoms with Crippen molar-refractivity contribution in [1.82, 2.24) is 19.9 Å². The third kappa shape index (κ3) is 4.57. The van der Waals surface area contributed by atoms with Gasteiger partial charge < -0.3 is 19.5 Å². The fraction of sp³-hybridized carbons (Fsp3) is 0.667. The summed E-state index contributed by atoms with van der Waals surface area (Å²) in [6, 6.07) is 0. The fourth-order valence-corrected chi connectivity index (χ4v) is 5.23. The van der Waals surface area contributed by atoms with Gasteiger partial charge in [0.15, 0.2) is 0 Å². The van der Waals surface area contributed by atoms with E-state index < -0.39 is 0 Å². The number of carbonyl (C=O) groups is 1. The molecule has 1 atom stereocenters. The van der Waals surface area contributed by atoms with Crippen molar-refractivity contribution in [3.63, 3.8) is 0 Å². The van der Waals surface area contributed by atoms with Crippen LogP contribution in [0.1, 0.15) is 62.3 Å². The van der Waals surface area contributed by atoms with Gasteiger partial charge >= 0.3 is 0 Å². The van der Waals surface area contributed by atoms with Gasteiger partial charge in [-0.2, -0.15) is 0 Å². The van der Waals surface area contributed by atoms with Gasteiger partial charge in [-0.1, -0.05) is 0 Å². The van der Waals surface area contributed by atoms with Gasteiger partial charge in [-0.25, -0.2) is 15.0 Å². The molecule has 2 aromatic heterocycles. The number of fused-ring (bicyclic) bond motifs is 1. The standard InChI is InChI=1S/C24H32N4O4/c1-28-14-15(11-22(28)30)10-21-25-13-20-23(27-21)19(16-2-4-17(29)5-3-16)12-26-24(20)32-18-6-8-31-9-7-18/h12-13,15-18,29H,2-11,14H2,1H3. The molecular formula is C24H32N4O4. The number of rotatable bonds is 5. The zero-order chi connectivity index (χ0) is 22.1. The van der Waals surface area contributed by atoms with Crippen molar-refractivity contribution in [2.24, 2.45) is 5.92 Å². The summed E-state index contributed by atoms with van der Waals surface area (Å²) in [6.45, 7) is 2.17. The number of aromatic nitrogens is 3. The van der Waals surface area contributed by atoms with Gasteiger partial charge in [0.2, 0.25) is 11.8 Å². The highest BCUT2D eigenvalue weighted by Crippen LogP contribution is 2.38. The summed E-state index contributed by atoms with van der Waals surface area (Å²) in [5, 5.41) is 10.8. The molecule has 2 saturated heterocycles. The summed E-state index contributed by atoms with van der Waals surface area (Å²) in [5.41, 5.74) is 2.03. The normalized spacial score (nSPS) is 27.2. The van der Waals surface area contributed by atoms with Gasteiger partial charge in [0.05, 0.1) is 30.2 Å². The van der Waals surface area contributed by atoms with Crippen molar-refractivity contribution >= 4 is 16.8 Å². The average Bonchev–Trinajstić information content (AvgIpc) is 3.12. The van der Waals surface area contributed by atoms with Crippen molar-refractivity contribution in [2.45, 2.75) is 69.5 Å². The summed E-state index contributed by atoms with van der Waals surface area (Å²) in [6.07, 6.45) is 10.1. The van der Waals surface area contributed by atoms with Crippen LogP contribution in [-0.2, 0) is 16.0 Å². The first kappa shape index (κ1) is 21.5. The molecule has 0 radical (unpaired) electrons. The Hall–Kier alpha value is -2.32. The van der Waals surface area contributed by atoms with Crippen LogP contribution in [0.25, 0.3) is 10.9 Å². The monoisotopic (exact) mass is 440 g/mol. The number of hydrogen-bond acceptors (Lipinski definition) is 7. The van der Waals surface area contributed by atoms with E-state index >= 15 is 0 Å². The molecule has 8 nitrogen and oxygen atoms in total. The number of aliphatic hydroxyl groups excluding tert-OH is 1. The van der Waals surface area contributed by atoms with Gasteiger partial charge in [-0.05, 0) is 37.5 Å². The first-order chi connectivity index (χ1) is 15.6. The fourth-order valence-electron chi connectivity index (χ4n) is 5.23. The minimum absolute atomic E-state index is 0.0924. The molecule has 8 heteroatoms. The second-order valence-electron chi connectivity index (χ2n) is 9.55. The number of aliphatic hydroxyl groups is 1. The van der Waals surface area contributed by atoms with Gasteiger partial charge in [0.1, 0.15) is 11.9 Å². The summed E-state index contributed by atoms with van der Waals surface area (Å²) >= 11 is 0. The maximum absolute atomic E-state index is 11.9. The van der Waals surface area contributed by atoms with Crippen LogP contribution in [0.15, 0.2) is 12.4 Å². The molecule has 32 heavy (non-hydrogen) atoms. The topological polar surface area (TPSA) is 97.7 Å². The van der Waals surface area contributed by atoms with E-state index in [4.69, 9.17) is 19.4 Å². The van der Waals surface area contributed by atoms with Crippen molar-refractivity contribution in [1.29, 1.82) is 0 Å². The lowest BCUT2D eigenvalue weighted by atomic mass is 9.82. The van der Waals surface area contributed by atoms with Crippen molar-refractivity contribution in [3.8, 4) is 5.88 Å². The molecule has 1 amide bonds. The minimum atomic E-state index is -0.205. The summed E-state index contributed by atoms with van der Waals surface area (Å²) < 4.78 is 11.7. The van der Waals surface area contributed by atoms with E-state index in [9.17, 15) is 9.90 Å². The van der Waals surface area contributed by atoms with Crippen LogP contribution < -0.4 is 4.74 Å². The van der Waals surface area contributed by atoms with E-state index in [0.29, 0.717) is 37.9 Å². The average molecular weight is 441 g/mol. The Balaban J connectivity index is 1.46. The van der Waals surface area contributed by atoms with E-state index in [2.05, 4.69) is 4.98 Å². The van der Waals surface area contributed by atoms with Gasteiger partial charge in [0, 0.05) is 57.2 Å². The maximum atomic E-state index is 11.9. The minimum Gasteiger partial charge on any atom is -0.474 e. The van der Waals surface area contributed by atoms with Crippen LogP contribution in [0, 0.1) is 5.92 Å². The van der Waals surface area contributed by atoms with Gasteiger partial charge in [-0.3, -0.25) is 4.79 Å². The zero-order valence-electron chi connectivity index (χ0n) is 18.7. The Labute approximate surface area is 188 Å². The van der Waals surface area contributed by atoms with Crippen LogP contribution in [0.3, 0.4) is 0 Å². The van der Waals surface area contributed by atoms with Crippen LogP contribution in [-0.4, -0.2) is 69.9 Å². The second kappa shape index (κ2) is 9.27. The van der Waals surface area contributed by atoms with E-state index in [0.717, 1.165) is 67.4 Å². The van der Waals surface area contributed by atoms with Crippen molar-refractivity contribution in [3.05, 3.63) is 23.8 Å². The lowest BCUT2D eigenvalue weighted by molar-refractivity contribution is -0.126. The van der Waals surface area contributed by atoms with Crippen molar-refractivity contribution < 1.29 is 19.4 Å². The maximum Gasteiger partial charge on any atom is 0.224 e. The third-order valence-corrected chi connectivity index (χ3v) is 7.14. The van der Waals surface area contributed by atoms with E-state index in [1.807, 2.05) is 19.4 Å². The Morgan fingerprint density at radius 3 is 2.62 bits per heavy atom. The highest BCUT2D eigenvalue weighted by molar-refractivity contribution is 5.86. The number of pyridine rings is 1. The lowest BCUT2D eigenvalue weighted by Crippen LogP contribution is -2.26. The smallest absolute Gasteiger partial charge is 0.224 e. The lowest BCUT2D eigenvalue weighted by Gasteiger charge is -2.27. The van der Waals surface area contributed by atoms with Crippen LogP contribution >= 0.6 is 0 Å². The molecule has 5 rings (SSSR count). The SMILES string of the molecule is CN1CC(Cc2ncc3c(OC4CCOCC4)ncc(C4CCC(O)CC4)c3n2)CC1=O. The molecule has 2 aliphatic heterocycles. The number of likely N-dealkylation sites (tertiary alicyclic amines) is 1. The Morgan fingerprint density at radius 1 is 1.12 bits per heavy atom. The van der Waals surface area contributed by atoms with Crippen LogP contribution in [0.4, 0.5) is 0 Å². The summed E-state index contributed by atoms with van der Waals surface area (Å²) in [5.74, 6) is 2.12. The molecule has 1 saturated carbocycles. The van der Waals surface area contributed by atoms with Crippen molar-refractivity contribution in [2.75, 3.05) is 26.8 Å². The molecule has 3 aliphatic rings. The Kier molecular flexibility index (Phi) is 6.24. The first-order valence-electron chi connectivity index (χ1n) is 11.9. The van der Waals surface area contributed by atoms with E-state index in [1.54, 1.807) is 4.90 Å². The van der Waals surface area contributed by atoms with E-state index in [-0.39, 0.29) is 24.0 Å². The molecule has 0 bridgehead atoms. The van der Waals surface area contributed by atoms with Crippen LogP contribution in [0.5, 0.6) is 5.88 Å². The van der Waals surface area contributed by atoms with Gasteiger partial charge in [-0.15, -0.1) is 0 Å². The molecule has 0 aromatic carbocycles. The Bertz CT molecular complexity index is 970. The largest absolute Gasteiger partial charge is 0.474 e. The Morgan fingerprint density at radius 2 is 1.91 bits per heavy atom. The molecule has 2 aromatic rings. The molecule has 1 aliphatic carbocycles. The molecule has 4 heterocycles. The third-order valence-electron chi connectivity index (χ3n) is 7.14. The molecular weight excluding hydrogens is 408 g/mol. The molecule has 1 unspecified atom stereocenters. The summed E-state index contributed by atoms with van der Waals surface area (Å²) in [7, 11) is 1.85. The molecule has 1 N–H and O–H groups in total. The molecule has 3 fully saturated rings. The number of ether oxygens (including phenoxy) is 2. The second-order valence-corrected chi connectivity index (χ2v) is 9.55. The summed E-state index contributed by atoms with van der Waals surface area (Å²) in [4.78, 5) is 28.1. The highest BCUT2D eigenvalue weighted by Gasteiger charge is 2.29. The zero-order valence-corrected chi connectivity index (χ0v) is 18.7. The van der Waals surface area contributed by atoms with Gasteiger partial charge in [0.25, 0.3) is 0 Å². The number of hydrogen-bond donors (Lipinski definition) is 1. The predicted octanol–water partition coefficient (Wildman–Crippen LogP) is 2.62.